The molecule has 1 fully saturated rings. The number of aromatic nitrogens is 1. The first-order valence-corrected chi connectivity index (χ1v) is 6.67. The molecule has 0 radical (unpaired) electrons. The van der Waals surface area contributed by atoms with Crippen LogP contribution in [0.2, 0.25) is 0 Å². The highest BCUT2D eigenvalue weighted by molar-refractivity contribution is 5.79. The Balaban J connectivity index is 1.83. The van der Waals surface area contributed by atoms with Crippen LogP contribution in [-0.2, 0) is 17.8 Å². The lowest BCUT2D eigenvalue weighted by molar-refractivity contribution is -0.126. The summed E-state index contributed by atoms with van der Waals surface area (Å²) >= 11 is 0. The molecule has 0 spiro atoms. The van der Waals surface area contributed by atoms with Crippen molar-refractivity contribution in [3.63, 3.8) is 0 Å². The fourth-order valence-corrected chi connectivity index (χ4v) is 2.37. The average molecular weight is 251 g/mol. The molecule has 5 heteroatoms. The van der Waals surface area contributed by atoms with E-state index < -0.39 is 0 Å². The highest BCUT2D eigenvalue weighted by atomic mass is 16.4. The minimum atomic E-state index is -0.0562. The van der Waals surface area contributed by atoms with Crippen molar-refractivity contribution in [1.29, 1.82) is 0 Å². The minimum absolute atomic E-state index is 0.00508. The van der Waals surface area contributed by atoms with Crippen LogP contribution in [0, 0.1) is 5.92 Å². The Morgan fingerprint density at radius 2 is 2.33 bits per heavy atom. The van der Waals surface area contributed by atoms with E-state index in [9.17, 15) is 4.79 Å². The highest BCUT2D eigenvalue weighted by Gasteiger charge is 2.28. The Bertz CT molecular complexity index is 403. The van der Waals surface area contributed by atoms with Gasteiger partial charge in [0, 0.05) is 12.5 Å². The summed E-state index contributed by atoms with van der Waals surface area (Å²) < 4.78 is 5.44. The van der Waals surface area contributed by atoms with Gasteiger partial charge in [-0.3, -0.25) is 4.79 Å². The van der Waals surface area contributed by atoms with Gasteiger partial charge in [-0.25, -0.2) is 4.98 Å². The van der Waals surface area contributed by atoms with Crippen LogP contribution in [0.5, 0.6) is 0 Å². The van der Waals surface area contributed by atoms with E-state index in [0.717, 1.165) is 37.9 Å². The summed E-state index contributed by atoms with van der Waals surface area (Å²) in [5.41, 5.74) is 5.97. The fourth-order valence-electron chi connectivity index (χ4n) is 2.37. The lowest BCUT2D eigenvalue weighted by Crippen LogP contribution is -2.43. The van der Waals surface area contributed by atoms with Crippen LogP contribution in [0.1, 0.15) is 44.3 Å². The van der Waals surface area contributed by atoms with Crippen molar-refractivity contribution in [1.82, 2.24) is 10.3 Å². The molecule has 2 unspecified atom stereocenters. The SMILES string of the molecule is CCc1cnc(CNC(=O)C2CCCCC2N)o1. The molecule has 0 aromatic carbocycles. The molecule has 18 heavy (non-hydrogen) atoms. The number of nitrogens with zero attached hydrogens (tertiary/aromatic N) is 1. The topological polar surface area (TPSA) is 81.2 Å². The zero-order chi connectivity index (χ0) is 13.0. The van der Waals surface area contributed by atoms with Crippen LogP contribution in [0.25, 0.3) is 0 Å². The van der Waals surface area contributed by atoms with E-state index >= 15 is 0 Å². The second-order valence-corrected chi connectivity index (χ2v) is 4.85. The molecule has 0 bridgehead atoms. The van der Waals surface area contributed by atoms with Crippen LogP contribution in [0.3, 0.4) is 0 Å². The number of hydrogen-bond donors (Lipinski definition) is 2. The summed E-state index contributed by atoms with van der Waals surface area (Å²) in [6, 6.07) is -0.00508. The predicted octanol–water partition coefficient (Wildman–Crippen LogP) is 1.37. The summed E-state index contributed by atoms with van der Waals surface area (Å²) in [4.78, 5) is 16.1. The monoisotopic (exact) mass is 251 g/mol. The van der Waals surface area contributed by atoms with Gasteiger partial charge in [0.1, 0.15) is 5.76 Å². The lowest BCUT2D eigenvalue weighted by atomic mass is 9.84. The molecule has 1 amide bonds. The summed E-state index contributed by atoms with van der Waals surface area (Å²) in [6.07, 6.45) is 6.56. The maximum Gasteiger partial charge on any atom is 0.225 e. The van der Waals surface area contributed by atoms with E-state index in [4.69, 9.17) is 10.2 Å². The Morgan fingerprint density at radius 1 is 1.56 bits per heavy atom. The maximum atomic E-state index is 12.0. The first kappa shape index (κ1) is 13.1. The second-order valence-electron chi connectivity index (χ2n) is 4.85. The van der Waals surface area contributed by atoms with Crippen LogP contribution < -0.4 is 11.1 Å². The van der Waals surface area contributed by atoms with Crippen LogP contribution >= 0.6 is 0 Å². The molecular formula is C13H21N3O2. The van der Waals surface area contributed by atoms with Crippen LogP contribution in [0.15, 0.2) is 10.6 Å². The van der Waals surface area contributed by atoms with Gasteiger partial charge in [-0.15, -0.1) is 0 Å². The summed E-state index contributed by atoms with van der Waals surface area (Å²) in [5.74, 6) is 1.37. The number of carbonyl (C=O) groups excluding carboxylic acids is 1. The molecular weight excluding hydrogens is 230 g/mol. The van der Waals surface area contributed by atoms with E-state index in [-0.39, 0.29) is 17.9 Å². The molecule has 1 aromatic heterocycles. The molecule has 0 saturated heterocycles. The fraction of sp³-hybridized carbons (Fsp3) is 0.692. The Kier molecular flexibility index (Phi) is 4.36. The molecule has 1 aliphatic rings. The molecule has 2 rings (SSSR count). The van der Waals surface area contributed by atoms with Crippen molar-refractivity contribution in [3.8, 4) is 0 Å². The van der Waals surface area contributed by atoms with Crippen molar-refractivity contribution in [2.45, 2.75) is 51.6 Å². The third kappa shape index (κ3) is 3.10. The van der Waals surface area contributed by atoms with Crippen LogP contribution in [-0.4, -0.2) is 16.9 Å². The van der Waals surface area contributed by atoms with E-state index in [1.54, 1.807) is 6.20 Å². The van der Waals surface area contributed by atoms with Gasteiger partial charge in [-0.2, -0.15) is 0 Å². The summed E-state index contributed by atoms with van der Waals surface area (Å²) in [5, 5.41) is 2.86. The number of oxazole rings is 1. The zero-order valence-corrected chi connectivity index (χ0v) is 10.8. The molecule has 3 N–H and O–H groups in total. The molecule has 5 nitrogen and oxygen atoms in total. The largest absolute Gasteiger partial charge is 0.444 e. The van der Waals surface area contributed by atoms with Gasteiger partial charge >= 0.3 is 0 Å². The Hall–Kier alpha value is -1.36. The van der Waals surface area contributed by atoms with Gasteiger partial charge in [0.15, 0.2) is 0 Å². The number of nitrogens with one attached hydrogen (secondary N) is 1. The Labute approximate surface area is 107 Å². The minimum Gasteiger partial charge on any atom is -0.444 e. The van der Waals surface area contributed by atoms with Crippen molar-refractivity contribution >= 4 is 5.91 Å². The summed E-state index contributed by atoms with van der Waals surface area (Å²) in [6.45, 7) is 2.35. The zero-order valence-electron chi connectivity index (χ0n) is 10.8. The van der Waals surface area contributed by atoms with Gasteiger partial charge in [-0.1, -0.05) is 19.8 Å². The highest BCUT2D eigenvalue weighted by Crippen LogP contribution is 2.23. The maximum absolute atomic E-state index is 12.0. The molecule has 1 saturated carbocycles. The number of nitrogens with two attached hydrogens (primary N) is 1. The number of amides is 1. The molecule has 0 aliphatic heterocycles. The van der Waals surface area contributed by atoms with Crippen molar-refractivity contribution in [2.24, 2.45) is 11.7 Å². The molecule has 100 valence electrons. The third-order valence-electron chi connectivity index (χ3n) is 3.52. The molecule has 1 aliphatic carbocycles. The number of rotatable bonds is 4. The smallest absolute Gasteiger partial charge is 0.225 e. The normalized spacial score (nSPS) is 23.9. The third-order valence-corrected chi connectivity index (χ3v) is 3.52. The first-order valence-electron chi connectivity index (χ1n) is 6.67. The van der Waals surface area contributed by atoms with Gasteiger partial charge < -0.3 is 15.5 Å². The van der Waals surface area contributed by atoms with Crippen molar-refractivity contribution in [3.05, 3.63) is 17.8 Å². The lowest BCUT2D eigenvalue weighted by Gasteiger charge is -2.27. The molecule has 2 atom stereocenters. The molecule has 1 heterocycles. The number of carbonyl (C=O) groups is 1. The van der Waals surface area contributed by atoms with E-state index in [1.165, 1.54) is 0 Å². The number of hydrogen-bond acceptors (Lipinski definition) is 4. The van der Waals surface area contributed by atoms with Crippen molar-refractivity contribution in [2.75, 3.05) is 0 Å². The van der Waals surface area contributed by atoms with Gasteiger partial charge in [0.05, 0.1) is 18.7 Å². The van der Waals surface area contributed by atoms with E-state index in [2.05, 4.69) is 10.3 Å². The predicted molar refractivity (Wildman–Crippen MR) is 67.7 cm³/mol. The number of aryl methyl sites for hydroxylation is 1. The quantitative estimate of drug-likeness (QED) is 0.847. The summed E-state index contributed by atoms with van der Waals surface area (Å²) in [7, 11) is 0. The molecule has 1 aromatic rings. The van der Waals surface area contributed by atoms with E-state index in [0.29, 0.717) is 12.4 Å². The second kappa shape index (κ2) is 6.00. The first-order chi connectivity index (χ1) is 8.70. The van der Waals surface area contributed by atoms with Gasteiger partial charge in [-0.05, 0) is 12.8 Å². The average Bonchev–Trinajstić information content (AvgIpc) is 2.84. The van der Waals surface area contributed by atoms with Crippen LogP contribution in [0.4, 0.5) is 0 Å². The van der Waals surface area contributed by atoms with E-state index in [1.807, 2.05) is 6.92 Å². The van der Waals surface area contributed by atoms with Crippen molar-refractivity contribution < 1.29 is 9.21 Å². The van der Waals surface area contributed by atoms with Gasteiger partial charge in [0.2, 0.25) is 11.8 Å². The standard InChI is InChI=1S/C13H21N3O2/c1-2-9-7-15-12(18-9)8-16-13(17)10-5-3-4-6-11(10)14/h7,10-11H,2-6,8,14H2,1H3,(H,16,17). The Morgan fingerprint density at radius 3 is 3.00 bits per heavy atom. The van der Waals surface area contributed by atoms with Gasteiger partial charge in [0.25, 0.3) is 0 Å².